The van der Waals surface area contributed by atoms with Gasteiger partial charge in [0.1, 0.15) is 0 Å². The van der Waals surface area contributed by atoms with E-state index in [0.717, 1.165) is 12.5 Å². The fraction of sp³-hybridized carbons (Fsp3) is 0.632. The van der Waals surface area contributed by atoms with Crippen LogP contribution in [0.3, 0.4) is 0 Å². The molecule has 0 spiro atoms. The van der Waals surface area contributed by atoms with Crippen LogP contribution >= 0.6 is 0 Å². The van der Waals surface area contributed by atoms with Gasteiger partial charge in [0.2, 0.25) is 0 Å². The average molecular weight is 272 g/mol. The van der Waals surface area contributed by atoms with Crippen molar-refractivity contribution in [1.82, 2.24) is 4.90 Å². The Balaban J connectivity index is 1.66. The lowest BCUT2D eigenvalue weighted by molar-refractivity contribution is 0.136. The van der Waals surface area contributed by atoms with Crippen molar-refractivity contribution < 1.29 is 0 Å². The fourth-order valence-corrected chi connectivity index (χ4v) is 3.35. The molecule has 1 heteroatoms. The molecule has 0 N–H and O–H groups in total. The van der Waals surface area contributed by atoms with Gasteiger partial charge in [-0.25, -0.2) is 0 Å². The van der Waals surface area contributed by atoms with Crippen LogP contribution in [0.4, 0.5) is 0 Å². The Morgan fingerprint density at radius 3 is 2.70 bits per heavy atom. The first-order valence-corrected chi connectivity index (χ1v) is 8.47. The van der Waals surface area contributed by atoms with Crippen LogP contribution < -0.4 is 0 Å². The molecule has 2 rings (SSSR count). The third kappa shape index (κ3) is 5.28. The molecule has 0 amide bonds. The zero-order valence-corrected chi connectivity index (χ0v) is 12.9. The number of piperidine rings is 1. The molecular formula is C19H30N. The van der Waals surface area contributed by atoms with Crippen LogP contribution in [0.25, 0.3) is 0 Å². The number of unbranched alkanes of at least 4 members (excludes halogenated alkanes) is 2. The molecule has 0 bridgehead atoms. The summed E-state index contributed by atoms with van der Waals surface area (Å²) in [6, 6.07) is 11.8. The molecule has 1 aliphatic heterocycles. The van der Waals surface area contributed by atoms with E-state index >= 15 is 0 Å². The second-order valence-electron chi connectivity index (χ2n) is 6.12. The van der Waals surface area contributed by atoms with Gasteiger partial charge in [-0.05, 0) is 57.2 Å². The van der Waals surface area contributed by atoms with Gasteiger partial charge in [0.15, 0.2) is 0 Å². The number of hydrogen-bond donors (Lipinski definition) is 0. The summed E-state index contributed by atoms with van der Waals surface area (Å²) in [7, 11) is 0. The van der Waals surface area contributed by atoms with E-state index in [4.69, 9.17) is 0 Å². The minimum absolute atomic E-state index is 0.853. The largest absolute Gasteiger partial charge is 0.300 e. The maximum Gasteiger partial charge on any atom is 0.00952 e. The highest BCUT2D eigenvalue weighted by molar-refractivity contribution is 5.14. The SMILES string of the molecule is [CH2]CCCN1CCCCC1CCCCc1ccccc1. The van der Waals surface area contributed by atoms with Crippen molar-refractivity contribution >= 4 is 0 Å². The van der Waals surface area contributed by atoms with Gasteiger partial charge in [0.25, 0.3) is 0 Å². The normalized spacial score (nSPS) is 20.1. The minimum atomic E-state index is 0.853. The smallest absolute Gasteiger partial charge is 0.00952 e. The van der Waals surface area contributed by atoms with Gasteiger partial charge < -0.3 is 4.90 Å². The fourth-order valence-electron chi connectivity index (χ4n) is 3.35. The van der Waals surface area contributed by atoms with Gasteiger partial charge in [-0.1, -0.05) is 56.5 Å². The van der Waals surface area contributed by atoms with Crippen LogP contribution in [-0.4, -0.2) is 24.0 Å². The van der Waals surface area contributed by atoms with Crippen LogP contribution in [0.15, 0.2) is 30.3 Å². The summed E-state index contributed by atoms with van der Waals surface area (Å²) in [5.41, 5.74) is 1.49. The summed E-state index contributed by atoms with van der Waals surface area (Å²) in [6.07, 6.45) is 11.9. The highest BCUT2D eigenvalue weighted by atomic mass is 15.2. The van der Waals surface area contributed by atoms with Gasteiger partial charge in [0, 0.05) is 6.04 Å². The Labute approximate surface area is 125 Å². The molecule has 1 nitrogen and oxygen atoms in total. The van der Waals surface area contributed by atoms with Crippen molar-refractivity contribution in [3.63, 3.8) is 0 Å². The molecule has 0 aromatic heterocycles. The molecule has 1 heterocycles. The summed E-state index contributed by atoms with van der Waals surface area (Å²) in [6.45, 7) is 6.57. The second kappa shape index (κ2) is 9.18. The zero-order chi connectivity index (χ0) is 14.0. The highest BCUT2D eigenvalue weighted by Crippen LogP contribution is 2.22. The van der Waals surface area contributed by atoms with E-state index in [1.807, 2.05) is 0 Å². The van der Waals surface area contributed by atoms with Crippen molar-refractivity contribution in [3.8, 4) is 0 Å². The number of hydrogen-bond acceptors (Lipinski definition) is 1. The molecule has 1 fully saturated rings. The van der Waals surface area contributed by atoms with Crippen LogP contribution in [0, 0.1) is 6.92 Å². The van der Waals surface area contributed by atoms with Gasteiger partial charge >= 0.3 is 0 Å². The van der Waals surface area contributed by atoms with Crippen molar-refractivity contribution in [3.05, 3.63) is 42.8 Å². The molecular weight excluding hydrogens is 242 g/mol. The van der Waals surface area contributed by atoms with E-state index in [0.29, 0.717) is 0 Å². The number of aryl methyl sites for hydroxylation is 1. The molecule has 1 atom stereocenters. The molecule has 1 radical (unpaired) electrons. The van der Waals surface area contributed by atoms with Crippen molar-refractivity contribution in [1.29, 1.82) is 0 Å². The molecule has 1 aromatic carbocycles. The first-order chi connectivity index (χ1) is 9.90. The third-order valence-electron chi connectivity index (χ3n) is 4.54. The number of rotatable bonds is 8. The molecule has 0 saturated carbocycles. The lowest BCUT2D eigenvalue weighted by atomic mass is 9.96. The molecule has 111 valence electrons. The minimum Gasteiger partial charge on any atom is -0.300 e. The average Bonchev–Trinajstić information content (AvgIpc) is 2.51. The Morgan fingerprint density at radius 2 is 1.90 bits per heavy atom. The summed E-state index contributed by atoms with van der Waals surface area (Å²) in [5, 5.41) is 0. The Hall–Kier alpha value is -0.820. The Bertz CT molecular complexity index is 346. The highest BCUT2D eigenvalue weighted by Gasteiger charge is 2.20. The lowest BCUT2D eigenvalue weighted by Crippen LogP contribution is -2.40. The maximum absolute atomic E-state index is 3.98. The van der Waals surface area contributed by atoms with Gasteiger partial charge in [-0.2, -0.15) is 0 Å². The van der Waals surface area contributed by atoms with Gasteiger partial charge in [-0.15, -0.1) is 0 Å². The van der Waals surface area contributed by atoms with E-state index in [-0.39, 0.29) is 0 Å². The molecule has 1 aromatic rings. The quantitative estimate of drug-likeness (QED) is 0.610. The molecule has 1 saturated heterocycles. The number of benzene rings is 1. The zero-order valence-electron chi connectivity index (χ0n) is 12.9. The standard InChI is InChI=1S/C19H30N/c1-2-3-16-20-17-10-9-15-19(20)14-8-7-13-18-11-5-4-6-12-18/h4-6,11-12,19H,1-3,7-10,13-17H2. The number of nitrogens with zero attached hydrogens (tertiary/aromatic N) is 1. The third-order valence-corrected chi connectivity index (χ3v) is 4.54. The van der Waals surface area contributed by atoms with E-state index in [1.54, 1.807) is 0 Å². The van der Waals surface area contributed by atoms with Crippen LogP contribution in [0.2, 0.25) is 0 Å². The van der Waals surface area contributed by atoms with E-state index in [1.165, 1.54) is 70.0 Å². The molecule has 1 aliphatic rings. The lowest BCUT2D eigenvalue weighted by Gasteiger charge is -2.36. The van der Waals surface area contributed by atoms with Crippen LogP contribution in [0.1, 0.15) is 56.9 Å². The Kier molecular flexibility index (Phi) is 7.14. The summed E-state index contributed by atoms with van der Waals surface area (Å²) < 4.78 is 0. The molecule has 20 heavy (non-hydrogen) atoms. The maximum atomic E-state index is 3.98. The van der Waals surface area contributed by atoms with E-state index in [2.05, 4.69) is 42.2 Å². The second-order valence-corrected chi connectivity index (χ2v) is 6.12. The van der Waals surface area contributed by atoms with E-state index < -0.39 is 0 Å². The van der Waals surface area contributed by atoms with Crippen molar-refractivity contribution in [2.45, 2.75) is 63.8 Å². The Morgan fingerprint density at radius 1 is 1.05 bits per heavy atom. The first kappa shape index (κ1) is 15.6. The van der Waals surface area contributed by atoms with E-state index in [9.17, 15) is 0 Å². The van der Waals surface area contributed by atoms with Crippen molar-refractivity contribution in [2.75, 3.05) is 13.1 Å². The van der Waals surface area contributed by atoms with Gasteiger partial charge in [-0.3, -0.25) is 0 Å². The molecule has 1 unspecified atom stereocenters. The molecule has 0 aliphatic carbocycles. The van der Waals surface area contributed by atoms with Gasteiger partial charge in [0.05, 0.1) is 0 Å². The topological polar surface area (TPSA) is 3.24 Å². The van der Waals surface area contributed by atoms with Crippen LogP contribution in [-0.2, 0) is 6.42 Å². The van der Waals surface area contributed by atoms with Crippen LogP contribution in [0.5, 0.6) is 0 Å². The number of likely N-dealkylation sites (tertiary alicyclic amines) is 1. The van der Waals surface area contributed by atoms with Crippen molar-refractivity contribution in [2.24, 2.45) is 0 Å². The predicted octanol–water partition coefficient (Wildman–Crippen LogP) is 4.87. The summed E-state index contributed by atoms with van der Waals surface area (Å²) in [5.74, 6) is 0. The monoisotopic (exact) mass is 272 g/mol. The summed E-state index contributed by atoms with van der Waals surface area (Å²) in [4.78, 5) is 2.73. The predicted molar refractivity (Wildman–Crippen MR) is 87.8 cm³/mol. The summed E-state index contributed by atoms with van der Waals surface area (Å²) >= 11 is 0. The first-order valence-electron chi connectivity index (χ1n) is 8.47.